The molecule has 0 bridgehead atoms. The summed E-state index contributed by atoms with van der Waals surface area (Å²) in [7, 11) is -3.76. The van der Waals surface area contributed by atoms with Gasteiger partial charge in [0.15, 0.2) is 0 Å². The fourth-order valence-electron chi connectivity index (χ4n) is 4.49. The third kappa shape index (κ3) is 5.06. The van der Waals surface area contributed by atoms with Crippen LogP contribution in [-0.4, -0.2) is 85.2 Å². The number of nitrogens with one attached hydrogen (secondary N) is 1. The van der Waals surface area contributed by atoms with Crippen LogP contribution in [0.15, 0.2) is 24.3 Å². The molecule has 0 aliphatic carbocycles. The van der Waals surface area contributed by atoms with Crippen molar-refractivity contribution in [2.24, 2.45) is 5.92 Å². The minimum atomic E-state index is -3.76. The summed E-state index contributed by atoms with van der Waals surface area (Å²) in [5.74, 6) is -0.931. The first-order chi connectivity index (χ1) is 16.2. The van der Waals surface area contributed by atoms with E-state index in [0.29, 0.717) is 24.4 Å². The van der Waals surface area contributed by atoms with Crippen molar-refractivity contribution in [1.29, 1.82) is 5.26 Å². The summed E-state index contributed by atoms with van der Waals surface area (Å²) in [5.41, 5.74) is 0.898. The van der Waals surface area contributed by atoms with Crippen LogP contribution in [0.1, 0.15) is 31.4 Å². The number of likely N-dealkylation sites (tertiary alicyclic amines) is 1. The number of morpholine rings is 1. The normalized spacial score (nSPS) is 25.4. The predicted octanol–water partition coefficient (Wildman–Crippen LogP) is 0.909. The number of nitriles is 1. The van der Waals surface area contributed by atoms with Gasteiger partial charge in [-0.2, -0.15) is 22.3 Å². The van der Waals surface area contributed by atoms with Gasteiger partial charge in [-0.05, 0) is 37.5 Å². The Hall–Kier alpha value is -2.23. The van der Waals surface area contributed by atoms with E-state index in [1.165, 1.54) is 13.5 Å². The van der Waals surface area contributed by atoms with E-state index in [0.717, 1.165) is 5.56 Å². The second-order valence-electron chi connectivity index (χ2n) is 8.84. The topological polar surface area (TPSA) is 123 Å². The molecule has 10 nitrogen and oxygen atoms in total. The molecule has 1 aromatic rings. The Kier molecular flexibility index (Phi) is 7.45. The van der Waals surface area contributed by atoms with Crippen LogP contribution in [0.25, 0.3) is 0 Å². The fourth-order valence-corrected chi connectivity index (χ4v) is 6.31. The first-order valence-corrected chi connectivity index (χ1v) is 13.1. The van der Waals surface area contributed by atoms with Crippen molar-refractivity contribution in [3.8, 4) is 6.07 Å². The Bertz CT molecular complexity index is 1070. The summed E-state index contributed by atoms with van der Waals surface area (Å²) in [6.45, 7) is 2.72. The van der Waals surface area contributed by atoms with Gasteiger partial charge in [-0.1, -0.05) is 23.7 Å². The van der Waals surface area contributed by atoms with Crippen LogP contribution in [0.4, 0.5) is 0 Å². The molecule has 2 amide bonds. The largest absolute Gasteiger partial charge is 0.366 e. The zero-order chi connectivity index (χ0) is 24.5. The quantitative estimate of drug-likeness (QED) is 0.608. The number of benzene rings is 1. The van der Waals surface area contributed by atoms with Crippen molar-refractivity contribution < 1.29 is 22.7 Å². The van der Waals surface area contributed by atoms with Gasteiger partial charge in [0.25, 0.3) is 16.1 Å². The van der Waals surface area contributed by atoms with Gasteiger partial charge < -0.3 is 15.0 Å². The Labute approximate surface area is 204 Å². The summed E-state index contributed by atoms with van der Waals surface area (Å²) < 4.78 is 33.8. The van der Waals surface area contributed by atoms with E-state index in [9.17, 15) is 18.0 Å². The molecule has 3 atom stereocenters. The number of hydrogen-bond donors (Lipinski definition) is 1. The molecule has 34 heavy (non-hydrogen) atoms. The number of halogens is 1. The maximum atomic E-state index is 13.3. The third-order valence-corrected chi connectivity index (χ3v) is 8.74. The van der Waals surface area contributed by atoms with Gasteiger partial charge in [-0.25, -0.2) is 0 Å². The number of rotatable bonds is 6. The molecule has 0 radical (unpaired) electrons. The van der Waals surface area contributed by atoms with Gasteiger partial charge in [-0.3, -0.25) is 9.59 Å². The van der Waals surface area contributed by atoms with Crippen molar-refractivity contribution in [3.05, 3.63) is 34.9 Å². The molecular weight excluding hydrogens is 482 g/mol. The van der Waals surface area contributed by atoms with Crippen LogP contribution in [0.5, 0.6) is 0 Å². The van der Waals surface area contributed by atoms with Gasteiger partial charge in [0.05, 0.1) is 31.2 Å². The minimum Gasteiger partial charge on any atom is -0.366 e. The summed E-state index contributed by atoms with van der Waals surface area (Å²) >= 11 is 5.93. The lowest BCUT2D eigenvalue weighted by Gasteiger charge is -2.40. The van der Waals surface area contributed by atoms with Gasteiger partial charge in [0.1, 0.15) is 12.1 Å². The monoisotopic (exact) mass is 509 g/mol. The van der Waals surface area contributed by atoms with Gasteiger partial charge in [-0.15, -0.1) is 0 Å². The third-order valence-electron chi connectivity index (χ3n) is 6.56. The van der Waals surface area contributed by atoms with Gasteiger partial charge in [0, 0.05) is 31.2 Å². The molecule has 3 fully saturated rings. The van der Waals surface area contributed by atoms with Crippen LogP contribution in [0.3, 0.4) is 0 Å². The Morgan fingerprint density at radius 1 is 1.18 bits per heavy atom. The van der Waals surface area contributed by atoms with Crippen LogP contribution in [0.2, 0.25) is 5.02 Å². The second kappa shape index (κ2) is 10.2. The van der Waals surface area contributed by atoms with Crippen LogP contribution in [-0.2, 0) is 24.5 Å². The van der Waals surface area contributed by atoms with E-state index in [-0.39, 0.29) is 56.6 Å². The Morgan fingerprint density at radius 3 is 2.56 bits per heavy atom. The molecule has 3 aliphatic heterocycles. The molecule has 0 aromatic heterocycles. The first kappa shape index (κ1) is 24.9. The number of hydrogen-bond acceptors (Lipinski definition) is 6. The van der Waals surface area contributed by atoms with Crippen molar-refractivity contribution in [2.45, 2.75) is 38.0 Å². The highest BCUT2D eigenvalue weighted by Gasteiger charge is 2.44. The number of carbonyl (C=O) groups excluding carboxylic acids is 2. The zero-order valence-electron chi connectivity index (χ0n) is 18.9. The SMILES string of the molecule is C[C@@H](NC(=O)[C@H]1CCCN1C(=O)[C@@H]1CN(S(=O)(=O)N2CC(C#N)C2)CCO1)c1ccc(Cl)cc1. The van der Waals surface area contributed by atoms with E-state index in [4.69, 9.17) is 21.6 Å². The van der Waals surface area contributed by atoms with E-state index in [1.807, 2.05) is 19.1 Å². The molecule has 0 spiro atoms. The molecule has 3 saturated heterocycles. The Morgan fingerprint density at radius 2 is 1.88 bits per heavy atom. The average Bonchev–Trinajstić information content (AvgIpc) is 3.28. The molecule has 1 N–H and O–H groups in total. The predicted molar refractivity (Wildman–Crippen MR) is 124 cm³/mol. The van der Waals surface area contributed by atoms with Crippen LogP contribution < -0.4 is 5.32 Å². The molecule has 0 saturated carbocycles. The van der Waals surface area contributed by atoms with Gasteiger partial charge >= 0.3 is 0 Å². The van der Waals surface area contributed by atoms with E-state index in [2.05, 4.69) is 11.4 Å². The number of amides is 2. The second-order valence-corrected chi connectivity index (χ2v) is 11.2. The standard InChI is InChI=1S/C22H28ClN5O5S/c1-15(17-4-6-18(23)7-5-17)25-21(29)19-3-2-8-28(19)22(30)20-14-26(9-10-33-20)34(31,32)27-12-16(11-24)13-27/h4-7,15-16,19-20H,2-3,8-10,12-14H2,1H3,(H,25,29)/t15-,19-,20+/m1/s1. The van der Waals surface area contributed by atoms with Crippen molar-refractivity contribution in [3.63, 3.8) is 0 Å². The molecule has 184 valence electrons. The highest BCUT2D eigenvalue weighted by atomic mass is 35.5. The summed E-state index contributed by atoms with van der Waals surface area (Å²) in [6, 6.07) is 8.35. The Balaban J connectivity index is 1.38. The fraction of sp³-hybridized carbons (Fsp3) is 0.591. The van der Waals surface area contributed by atoms with E-state index >= 15 is 0 Å². The maximum absolute atomic E-state index is 13.3. The summed E-state index contributed by atoms with van der Waals surface area (Å²) in [5, 5.41) is 12.5. The molecule has 12 heteroatoms. The molecule has 3 aliphatic rings. The molecule has 1 aromatic carbocycles. The van der Waals surface area contributed by atoms with Gasteiger partial charge in [0.2, 0.25) is 5.91 Å². The lowest BCUT2D eigenvalue weighted by molar-refractivity contribution is -0.151. The zero-order valence-corrected chi connectivity index (χ0v) is 20.5. The van der Waals surface area contributed by atoms with E-state index in [1.54, 1.807) is 12.1 Å². The molecule has 3 heterocycles. The number of ether oxygens (including phenoxy) is 1. The van der Waals surface area contributed by atoms with E-state index < -0.39 is 22.4 Å². The minimum absolute atomic E-state index is 0.0868. The highest BCUT2D eigenvalue weighted by molar-refractivity contribution is 7.86. The molecule has 4 rings (SSSR count). The average molecular weight is 510 g/mol. The molecular formula is C22H28ClN5O5S. The lowest BCUT2D eigenvalue weighted by Crippen LogP contribution is -2.60. The summed E-state index contributed by atoms with van der Waals surface area (Å²) in [4.78, 5) is 27.8. The first-order valence-electron chi connectivity index (χ1n) is 11.3. The maximum Gasteiger partial charge on any atom is 0.282 e. The number of nitrogens with zero attached hydrogens (tertiary/aromatic N) is 4. The van der Waals surface area contributed by atoms with Crippen molar-refractivity contribution >= 4 is 33.6 Å². The van der Waals surface area contributed by atoms with Crippen molar-refractivity contribution in [1.82, 2.24) is 18.8 Å². The molecule has 0 unspecified atom stereocenters. The number of carbonyl (C=O) groups is 2. The van der Waals surface area contributed by atoms with Crippen molar-refractivity contribution in [2.75, 3.05) is 39.3 Å². The van der Waals surface area contributed by atoms with Crippen LogP contribution in [0, 0.1) is 17.2 Å². The smallest absolute Gasteiger partial charge is 0.282 e. The lowest BCUT2D eigenvalue weighted by atomic mass is 10.1. The van der Waals surface area contributed by atoms with Crippen LogP contribution >= 0.6 is 11.6 Å². The highest BCUT2D eigenvalue weighted by Crippen LogP contribution is 2.26. The summed E-state index contributed by atoms with van der Waals surface area (Å²) in [6.07, 6.45) is 0.235.